The molecule has 2 fully saturated rings. The van der Waals surface area contributed by atoms with Crippen LogP contribution < -0.4 is 10.2 Å². The summed E-state index contributed by atoms with van der Waals surface area (Å²) in [5.74, 6) is 0. The first-order chi connectivity index (χ1) is 9.76. The van der Waals surface area contributed by atoms with Crippen molar-refractivity contribution in [3.63, 3.8) is 0 Å². The summed E-state index contributed by atoms with van der Waals surface area (Å²) in [6, 6.07) is 0.775. The third-order valence-electron chi connectivity index (χ3n) is 4.19. The first-order valence-corrected chi connectivity index (χ1v) is 8.75. The van der Waals surface area contributed by atoms with Crippen LogP contribution in [0.25, 0.3) is 0 Å². The second kappa shape index (κ2) is 6.41. The molecule has 0 aromatic carbocycles. The second-order valence-electron chi connectivity index (χ2n) is 5.99. The van der Waals surface area contributed by atoms with Crippen molar-refractivity contribution in [1.29, 1.82) is 0 Å². The SMILES string of the molecule is CCCN1CCN(c2nc(C)c(CNC3CC3)s2)CC1. The van der Waals surface area contributed by atoms with Gasteiger partial charge in [0.15, 0.2) is 5.13 Å². The quantitative estimate of drug-likeness (QED) is 0.872. The van der Waals surface area contributed by atoms with Crippen LogP contribution in [0.1, 0.15) is 36.8 Å². The summed E-state index contributed by atoms with van der Waals surface area (Å²) >= 11 is 1.88. The molecule has 0 bridgehead atoms. The molecule has 1 aliphatic carbocycles. The lowest BCUT2D eigenvalue weighted by Gasteiger charge is -2.34. The zero-order chi connectivity index (χ0) is 13.9. The number of thiazole rings is 1. The van der Waals surface area contributed by atoms with Gasteiger partial charge in [-0.25, -0.2) is 4.98 Å². The third kappa shape index (κ3) is 3.51. The van der Waals surface area contributed by atoms with Gasteiger partial charge in [-0.2, -0.15) is 0 Å². The Morgan fingerprint density at radius 3 is 2.65 bits per heavy atom. The fraction of sp³-hybridized carbons (Fsp3) is 0.800. The smallest absolute Gasteiger partial charge is 0.185 e. The van der Waals surface area contributed by atoms with Gasteiger partial charge in [-0.3, -0.25) is 4.90 Å². The third-order valence-corrected chi connectivity index (χ3v) is 5.41. The number of rotatable bonds is 6. The van der Waals surface area contributed by atoms with Crippen LogP contribution >= 0.6 is 11.3 Å². The lowest BCUT2D eigenvalue weighted by atomic mass is 10.3. The van der Waals surface area contributed by atoms with Crippen LogP contribution in [0, 0.1) is 6.92 Å². The van der Waals surface area contributed by atoms with E-state index >= 15 is 0 Å². The van der Waals surface area contributed by atoms with Crippen LogP contribution in [0.15, 0.2) is 0 Å². The lowest BCUT2D eigenvalue weighted by Crippen LogP contribution is -2.46. The molecule has 0 unspecified atom stereocenters. The van der Waals surface area contributed by atoms with Crippen LogP contribution in [0.3, 0.4) is 0 Å². The Bertz CT molecular complexity index is 433. The van der Waals surface area contributed by atoms with Gasteiger partial charge in [-0.15, -0.1) is 11.3 Å². The van der Waals surface area contributed by atoms with Crippen LogP contribution in [-0.4, -0.2) is 48.6 Å². The van der Waals surface area contributed by atoms with Crippen molar-refractivity contribution in [1.82, 2.24) is 15.2 Å². The van der Waals surface area contributed by atoms with E-state index in [4.69, 9.17) is 4.98 Å². The highest BCUT2D eigenvalue weighted by atomic mass is 32.1. The van der Waals surface area contributed by atoms with Gasteiger partial charge >= 0.3 is 0 Å². The number of aromatic nitrogens is 1. The molecule has 0 amide bonds. The Hall–Kier alpha value is -0.650. The highest BCUT2D eigenvalue weighted by Crippen LogP contribution is 2.28. The van der Waals surface area contributed by atoms with Crippen molar-refractivity contribution in [2.24, 2.45) is 0 Å². The van der Waals surface area contributed by atoms with E-state index in [2.05, 4.69) is 29.0 Å². The van der Waals surface area contributed by atoms with Crippen LogP contribution in [0.4, 0.5) is 5.13 Å². The van der Waals surface area contributed by atoms with Gasteiger partial charge in [-0.1, -0.05) is 6.92 Å². The van der Waals surface area contributed by atoms with Gasteiger partial charge in [0.25, 0.3) is 0 Å². The maximum Gasteiger partial charge on any atom is 0.185 e. The standard InChI is InChI=1S/C15H26N4S/c1-3-6-18-7-9-19(10-8-18)15-17-12(2)14(20-15)11-16-13-4-5-13/h13,16H,3-11H2,1-2H3. The molecule has 0 radical (unpaired) electrons. The second-order valence-corrected chi connectivity index (χ2v) is 7.05. The van der Waals surface area contributed by atoms with Crippen molar-refractivity contribution < 1.29 is 0 Å². The Morgan fingerprint density at radius 1 is 1.25 bits per heavy atom. The van der Waals surface area contributed by atoms with E-state index in [0.29, 0.717) is 0 Å². The first-order valence-electron chi connectivity index (χ1n) is 7.93. The topological polar surface area (TPSA) is 31.4 Å². The summed E-state index contributed by atoms with van der Waals surface area (Å²) in [6.07, 6.45) is 3.96. The Kier molecular flexibility index (Phi) is 4.58. The van der Waals surface area contributed by atoms with Crippen molar-refractivity contribution >= 4 is 16.5 Å². The van der Waals surface area contributed by atoms with E-state index in [9.17, 15) is 0 Å². The molecule has 0 spiro atoms. The largest absolute Gasteiger partial charge is 0.346 e. The molecule has 1 saturated carbocycles. The molecule has 1 aromatic heterocycles. The number of aryl methyl sites for hydroxylation is 1. The van der Waals surface area contributed by atoms with E-state index < -0.39 is 0 Å². The molecule has 4 nitrogen and oxygen atoms in total. The lowest BCUT2D eigenvalue weighted by molar-refractivity contribution is 0.258. The van der Waals surface area contributed by atoms with Crippen LogP contribution in [-0.2, 0) is 6.54 Å². The zero-order valence-electron chi connectivity index (χ0n) is 12.7. The highest BCUT2D eigenvalue weighted by Gasteiger charge is 2.23. The van der Waals surface area contributed by atoms with E-state index in [1.807, 2.05) is 11.3 Å². The molecule has 1 aliphatic heterocycles. The predicted molar refractivity (Wildman–Crippen MR) is 85.7 cm³/mol. The molecule has 3 rings (SSSR count). The van der Waals surface area contributed by atoms with Crippen LogP contribution in [0.2, 0.25) is 0 Å². The first kappa shape index (κ1) is 14.3. The fourth-order valence-electron chi connectivity index (χ4n) is 2.72. The number of piperazine rings is 1. The molecule has 2 heterocycles. The molecule has 20 heavy (non-hydrogen) atoms. The maximum atomic E-state index is 4.79. The van der Waals surface area contributed by atoms with Gasteiger partial charge in [-0.05, 0) is 32.7 Å². The molecule has 1 N–H and O–H groups in total. The summed E-state index contributed by atoms with van der Waals surface area (Å²) in [5, 5.41) is 4.83. The van der Waals surface area contributed by atoms with E-state index in [-0.39, 0.29) is 0 Å². The minimum absolute atomic E-state index is 0.775. The molecule has 0 atom stereocenters. The number of hydrogen-bond donors (Lipinski definition) is 1. The van der Waals surface area contributed by atoms with Gasteiger partial charge in [0.2, 0.25) is 0 Å². The maximum absolute atomic E-state index is 4.79. The van der Waals surface area contributed by atoms with Crippen molar-refractivity contribution in [2.75, 3.05) is 37.6 Å². The normalized spacial score (nSPS) is 20.6. The Labute approximate surface area is 126 Å². The number of hydrogen-bond acceptors (Lipinski definition) is 5. The minimum atomic E-state index is 0.775. The molecule has 1 aromatic rings. The summed E-state index contributed by atoms with van der Waals surface area (Å²) in [4.78, 5) is 11.2. The summed E-state index contributed by atoms with van der Waals surface area (Å²) < 4.78 is 0. The van der Waals surface area contributed by atoms with E-state index in [1.54, 1.807) is 0 Å². The Morgan fingerprint density at radius 2 is 2.00 bits per heavy atom. The van der Waals surface area contributed by atoms with Gasteiger partial charge in [0, 0.05) is 43.6 Å². The van der Waals surface area contributed by atoms with Crippen molar-refractivity contribution in [2.45, 2.75) is 45.7 Å². The van der Waals surface area contributed by atoms with Gasteiger partial charge < -0.3 is 10.2 Å². The molecule has 112 valence electrons. The van der Waals surface area contributed by atoms with E-state index in [1.165, 1.54) is 54.6 Å². The zero-order valence-corrected chi connectivity index (χ0v) is 13.5. The predicted octanol–water partition coefficient (Wildman–Crippen LogP) is 2.24. The van der Waals surface area contributed by atoms with Gasteiger partial charge in [0.1, 0.15) is 0 Å². The fourth-order valence-corrected chi connectivity index (χ4v) is 3.78. The molecule has 5 heteroatoms. The summed E-state index contributed by atoms with van der Waals surface area (Å²) in [7, 11) is 0. The van der Waals surface area contributed by atoms with Crippen molar-refractivity contribution in [3.05, 3.63) is 10.6 Å². The molecular weight excluding hydrogens is 268 g/mol. The summed E-state index contributed by atoms with van der Waals surface area (Å²) in [5.41, 5.74) is 1.22. The number of nitrogens with zero attached hydrogens (tertiary/aromatic N) is 3. The molecule has 2 aliphatic rings. The van der Waals surface area contributed by atoms with Crippen molar-refractivity contribution in [3.8, 4) is 0 Å². The van der Waals surface area contributed by atoms with Crippen LogP contribution in [0.5, 0.6) is 0 Å². The number of nitrogens with one attached hydrogen (secondary N) is 1. The number of anilines is 1. The minimum Gasteiger partial charge on any atom is -0.346 e. The Balaban J connectivity index is 1.55. The summed E-state index contributed by atoms with van der Waals surface area (Å²) in [6.45, 7) is 11.3. The average Bonchev–Trinajstić information content (AvgIpc) is 3.21. The monoisotopic (exact) mass is 294 g/mol. The van der Waals surface area contributed by atoms with Gasteiger partial charge in [0.05, 0.1) is 5.69 Å². The van der Waals surface area contributed by atoms with E-state index in [0.717, 1.165) is 25.7 Å². The average molecular weight is 294 g/mol. The molecule has 1 saturated heterocycles. The highest BCUT2D eigenvalue weighted by molar-refractivity contribution is 7.15. The molecular formula is C15H26N4S.